The van der Waals surface area contributed by atoms with Gasteiger partial charge in [-0.15, -0.1) is 11.3 Å². The van der Waals surface area contributed by atoms with Gasteiger partial charge in [-0.05, 0) is 37.8 Å². The van der Waals surface area contributed by atoms with Crippen LogP contribution in [0.25, 0.3) is 0 Å². The van der Waals surface area contributed by atoms with Crippen molar-refractivity contribution in [3.05, 3.63) is 61.8 Å². The fourth-order valence-corrected chi connectivity index (χ4v) is 3.32. The first kappa shape index (κ1) is 19.6. The van der Waals surface area contributed by atoms with Gasteiger partial charge in [-0.1, -0.05) is 18.2 Å². The third kappa shape index (κ3) is 4.89. The van der Waals surface area contributed by atoms with Gasteiger partial charge < -0.3 is 10.1 Å². The summed E-state index contributed by atoms with van der Waals surface area (Å²) in [6, 6.07) is 7.00. The number of nitro benzene ring substituents is 1. The molecule has 7 nitrogen and oxygen atoms in total. The van der Waals surface area contributed by atoms with E-state index in [1.807, 2.05) is 6.07 Å². The van der Waals surface area contributed by atoms with Gasteiger partial charge >= 0.3 is 5.97 Å². The maximum Gasteiger partial charge on any atom is 0.308 e. The lowest BCUT2D eigenvalue weighted by molar-refractivity contribution is -0.385. The van der Waals surface area contributed by atoms with Gasteiger partial charge in [-0.25, -0.2) is 0 Å². The second kappa shape index (κ2) is 8.57. The molecule has 2 aromatic rings. The van der Waals surface area contributed by atoms with E-state index >= 15 is 0 Å². The molecule has 0 aliphatic heterocycles. The summed E-state index contributed by atoms with van der Waals surface area (Å²) in [7, 11) is 0. The van der Waals surface area contributed by atoms with Crippen LogP contribution >= 0.6 is 11.3 Å². The van der Waals surface area contributed by atoms with E-state index in [4.69, 9.17) is 4.74 Å². The predicted octanol–water partition coefficient (Wildman–Crippen LogP) is 3.78. The topological polar surface area (TPSA) is 98.5 Å². The average Bonchev–Trinajstić information content (AvgIpc) is 2.99. The summed E-state index contributed by atoms with van der Waals surface area (Å²) in [5, 5.41) is 15.9. The molecule has 8 heteroatoms. The number of ether oxygens (including phenoxy) is 1. The van der Waals surface area contributed by atoms with Gasteiger partial charge in [-0.3, -0.25) is 19.7 Å². The summed E-state index contributed by atoms with van der Waals surface area (Å²) in [4.78, 5) is 36.0. The van der Waals surface area contributed by atoms with Gasteiger partial charge in [-0.2, -0.15) is 0 Å². The summed E-state index contributed by atoms with van der Waals surface area (Å²) in [5.74, 6) is -0.913. The summed E-state index contributed by atoms with van der Waals surface area (Å²) in [6.45, 7) is 5.23. The molecule has 1 atom stereocenters. The first-order valence-electron chi connectivity index (χ1n) is 8.07. The van der Waals surface area contributed by atoms with Crippen LogP contribution in [0.3, 0.4) is 0 Å². The van der Waals surface area contributed by atoms with Gasteiger partial charge in [0.15, 0.2) is 0 Å². The Hall–Kier alpha value is -2.74. The minimum absolute atomic E-state index is 0.155. The SMILES string of the molecule is Cc1ccsc1C(=O)NC(CC(=O)OC(C)C)c1ccccc1[N+](=O)[O-]. The summed E-state index contributed by atoms with van der Waals surface area (Å²) in [5.41, 5.74) is 0.914. The Bertz CT molecular complexity index is 815. The number of para-hydroxylation sites is 1. The molecular weight excluding hydrogens is 356 g/mol. The molecule has 0 saturated heterocycles. The number of esters is 1. The van der Waals surface area contributed by atoms with Crippen LogP contribution < -0.4 is 5.32 Å². The second-order valence-electron chi connectivity index (χ2n) is 6.02. The molecular formula is C18H20N2O5S. The number of thiophene rings is 1. The molecule has 0 bridgehead atoms. The van der Waals surface area contributed by atoms with E-state index in [2.05, 4.69) is 5.32 Å². The molecule has 1 heterocycles. The smallest absolute Gasteiger partial charge is 0.308 e. The highest BCUT2D eigenvalue weighted by Crippen LogP contribution is 2.28. The van der Waals surface area contributed by atoms with Crippen molar-refractivity contribution in [1.29, 1.82) is 0 Å². The normalized spacial score (nSPS) is 11.8. The maximum atomic E-state index is 12.6. The third-order valence-electron chi connectivity index (χ3n) is 3.62. The molecule has 1 aromatic heterocycles. The molecule has 138 valence electrons. The predicted molar refractivity (Wildman–Crippen MR) is 98.2 cm³/mol. The molecule has 1 amide bonds. The van der Waals surface area contributed by atoms with Crippen LogP contribution in [0.2, 0.25) is 0 Å². The van der Waals surface area contributed by atoms with Crippen LogP contribution in [-0.2, 0) is 9.53 Å². The van der Waals surface area contributed by atoms with Crippen molar-refractivity contribution in [1.82, 2.24) is 5.32 Å². The molecule has 0 spiro atoms. The number of nitrogens with one attached hydrogen (secondary N) is 1. The Morgan fingerprint density at radius 3 is 2.54 bits per heavy atom. The van der Waals surface area contributed by atoms with Crippen LogP contribution in [-0.4, -0.2) is 22.9 Å². The molecule has 2 rings (SSSR count). The number of nitrogens with zero attached hydrogens (tertiary/aromatic N) is 1. The number of aryl methyl sites for hydroxylation is 1. The van der Waals surface area contributed by atoms with E-state index in [0.717, 1.165) is 5.56 Å². The van der Waals surface area contributed by atoms with Crippen molar-refractivity contribution in [2.75, 3.05) is 0 Å². The fraction of sp³-hybridized carbons (Fsp3) is 0.333. The highest BCUT2D eigenvalue weighted by Gasteiger charge is 2.27. The van der Waals surface area contributed by atoms with Crippen LogP contribution in [0.5, 0.6) is 0 Å². The number of hydrogen-bond acceptors (Lipinski definition) is 6. The van der Waals surface area contributed by atoms with Gasteiger partial charge in [0.1, 0.15) is 0 Å². The lowest BCUT2D eigenvalue weighted by Gasteiger charge is -2.19. The minimum atomic E-state index is -0.864. The number of amides is 1. The summed E-state index contributed by atoms with van der Waals surface area (Å²) >= 11 is 1.27. The van der Waals surface area contributed by atoms with E-state index in [1.54, 1.807) is 32.2 Å². The standard InChI is InChI=1S/C18H20N2O5S/c1-11(2)25-16(21)10-14(13-6-4-5-7-15(13)20(23)24)19-18(22)17-12(3)8-9-26-17/h4-9,11,14H,10H2,1-3H3,(H,19,22). The Morgan fingerprint density at radius 1 is 1.27 bits per heavy atom. The molecule has 26 heavy (non-hydrogen) atoms. The first-order valence-corrected chi connectivity index (χ1v) is 8.95. The largest absolute Gasteiger partial charge is 0.463 e. The second-order valence-corrected chi connectivity index (χ2v) is 6.93. The van der Waals surface area contributed by atoms with E-state index in [1.165, 1.54) is 29.5 Å². The molecule has 1 aromatic carbocycles. The summed E-state index contributed by atoms with van der Waals surface area (Å²) < 4.78 is 5.14. The first-order chi connectivity index (χ1) is 12.3. The van der Waals surface area contributed by atoms with E-state index in [9.17, 15) is 19.7 Å². The van der Waals surface area contributed by atoms with Gasteiger partial charge in [0.25, 0.3) is 11.6 Å². The molecule has 1 N–H and O–H groups in total. The van der Waals surface area contributed by atoms with E-state index in [0.29, 0.717) is 4.88 Å². The zero-order valence-corrected chi connectivity index (χ0v) is 15.5. The zero-order chi connectivity index (χ0) is 19.3. The van der Waals surface area contributed by atoms with Crippen LogP contribution in [0.15, 0.2) is 35.7 Å². The van der Waals surface area contributed by atoms with E-state index < -0.39 is 16.9 Å². The van der Waals surface area contributed by atoms with Crippen LogP contribution in [0, 0.1) is 17.0 Å². The van der Waals surface area contributed by atoms with Crippen molar-refractivity contribution in [3.63, 3.8) is 0 Å². The molecule has 0 aliphatic rings. The quantitative estimate of drug-likeness (QED) is 0.450. The third-order valence-corrected chi connectivity index (χ3v) is 4.64. The Kier molecular flexibility index (Phi) is 6.46. The van der Waals surface area contributed by atoms with Crippen LogP contribution in [0.4, 0.5) is 5.69 Å². The molecule has 0 aliphatic carbocycles. The highest BCUT2D eigenvalue weighted by molar-refractivity contribution is 7.12. The summed E-state index contributed by atoms with van der Waals surface area (Å²) in [6.07, 6.45) is -0.511. The average molecular weight is 376 g/mol. The van der Waals surface area contributed by atoms with Gasteiger partial charge in [0, 0.05) is 6.07 Å². The number of benzene rings is 1. The Morgan fingerprint density at radius 2 is 1.96 bits per heavy atom. The van der Waals surface area contributed by atoms with Crippen molar-refractivity contribution < 1.29 is 19.2 Å². The van der Waals surface area contributed by atoms with E-state index in [-0.39, 0.29) is 29.7 Å². The lowest BCUT2D eigenvalue weighted by atomic mass is 10.0. The Balaban J connectivity index is 2.33. The molecule has 1 unspecified atom stereocenters. The number of carbonyl (C=O) groups excluding carboxylic acids is 2. The van der Waals surface area contributed by atoms with Crippen molar-refractivity contribution in [2.45, 2.75) is 39.3 Å². The minimum Gasteiger partial charge on any atom is -0.463 e. The van der Waals surface area contributed by atoms with Gasteiger partial charge in [0.05, 0.1) is 33.9 Å². The lowest BCUT2D eigenvalue weighted by Crippen LogP contribution is -2.31. The van der Waals surface area contributed by atoms with Crippen molar-refractivity contribution in [2.24, 2.45) is 0 Å². The number of rotatable bonds is 7. The van der Waals surface area contributed by atoms with Gasteiger partial charge in [0.2, 0.25) is 0 Å². The zero-order valence-electron chi connectivity index (χ0n) is 14.7. The molecule has 0 fully saturated rings. The fourth-order valence-electron chi connectivity index (χ4n) is 2.49. The highest BCUT2D eigenvalue weighted by atomic mass is 32.1. The monoisotopic (exact) mass is 376 g/mol. The van der Waals surface area contributed by atoms with Crippen molar-refractivity contribution in [3.8, 4) is 0 Å². The van der Waals surface area contributed by atoms with Crippen LogP contribution in [0.1, 0.15) is 47.1 Å². The number of hydrogen-bond donors (Lipinski definition) is 1. The van der Waals surface area contributed by atoms with Crippen molar-refractivity contribution >= 4 is 28.9 Å². The molecule has 0 radical (unpaired) electrons. The Labute approximate surface area is 155 Å². The number of nitro groups is 1. The maximum absolute atomic E-state index is 12.6. The molecule has 0 saturated carbocycles. The number of carbonyl (C=O) groups is 2.